The van der Waals surface area contributed by atoms with Gasteiger partial charge in [0.2, 0.25) is 0 Å². The van der Waals surface area contributed by atoms with E-state index in [1.165, 1.54) is 6.42 Å². The van der Waals surface area contributed by atoms with E-state index in [0.717, 1.165) is 25.2 Å². The molecule has 0 aromatic carbocycles. The fourth-order valence-corrected chi connectivity index (χ4v) is 2.70. The first-order chi connectivity index (χ1) is 8.99. The van der Waals surface area contributed by atoms with Gasteiger partial charge in [-0.2, -0.15) is 0 Å². The molecule has 0 spiro atoms. The molecule has 0 bridgehead atoms. The molecule has 5 nitrogen and oxygen atoms in total. The lowest BCUT2D eigenvalue weighted by molar-refractivity contribution is 0.0696. The summed E-state index contributed by atoms with van der Waals surface area (Å²) in [6, 6.07) is 2.29. The van der Waals surface area contributed by atoms with Crippen LogP contribution in [0.2, 0.25) is 0 Å². The summed E-state index contributed by atoms with van der Waals surface area (Å²) in [4.78, 5) is 17.9. The number of likely N-dealkylation sites (N-methyl/N-ethyl adjacent to an activating group) is 1. The van der Waals surface area contributed by atoms with Gasteiger partial charge in [0.1, 0.15) is 5.56 Å². The molecule has 2 rings (SSSR count). The fraction of sp³-hybridized carbons (Fsp3) is 0.571. The largest absolute Gasteiger partial charge is 0.478 e. The Morgan fingerprint density at radius 1 is 1.58 bits per heavy atom. The number of rotatable bonds is 4. The lowest BCUT2D eigenvalue weighted by Gasteiger charge is -2.21. The van der Waals surface area contributed by atoms with E-state index in [0.29, 0.717) is 17.4 Å². The minimum Gasteiger partial charge on any atom is -0.478 e. The summed E-state index contributed by atoms with van der Waals surface area (Å²) in [6.07, 6.45) is 2.37. The minimum absolute atomic E-state index is 0.284. The molecule has 1 aromatic heterocycles. The molecule has 0 aliphatic carbocycles. The van der Waals surface area contributed by atoms with Crippen LogP contribution in [0.5, 0.6) is 0 Å². The third-order valence-corrected chi connectivity index (χ3v) is 3.74. The van der Waals surface area contributed by atoms with Crippen LogP contribution in [0.15, 0.2) is 6.07 Å². The standard InChI is InChI=1S/C14H21N3O2/c1-9-7-12(13(14(18)19)10(2)16-9)15-8-11-5-4-6-17(11)3/h7,11H,4-6,8H2,1-3H3,(H,15,16)(H,18,19). The normalized spacial score (nSPS) is 19.6. The van der Waals surface area contributed by atoms with Crippen molar-refractivity contribution < 1.29 is 9.90 Å². The van der Waals surface area contributed by atoms with E-state index in [1.54, 1.807) is 6.92 Å². The lowest BCUT2D eigenvalue weighted by Crippen LogP contribution is -2.32. The van der Waals surface area contributed by atoms with E-state index in [4.69, 9.17) is 0 Å². The number of carboxylic acid groups (broad SMARTS) is 1. The van der Waals surface area contributed by atoms with Crippen LogP contribution < -0.4 is 5.32 Å². The number of hydrogen-bond donors (Lipinski definition) is 2. The molecule has 2 heterocycles. The van der Waals surface area contributed by atoms with E-state index in [2.05, 4.69) is 22.2 Å². The highest BCUT2D eigenvalue weighted by molar-refractivity contribution is 5.95. The Balaban J connectivity index is 2.17. The Bertz CT molecular complexity index is 488. The van der Waals surface area contributed by atoms with E-state index in [9.17, 15) is 9.90 Å². The van der Waals surface area contributed by atoms with Crippen LogP contribution in [-0.4, -0.2) is 47.1 Å². The van der Waals surface area contributed by atoms with E-state index in [1.807, 2.05) is 13.0 Å². The van der Waals surface area contributed by atoms with Crippen molar-refractivity contribution in [3.8, 4) is 0 Å². The van der Waals surface area contributed by atoms with Crippen LogP contribution >= 0.6 is 0 Å². The molecule has 0 radical (unpaired) electrons. The highest BCUT2D eigenvalue weighted by atomic mass is 16.4. The molecule has 1 aliphatic rings. The number of hydrogen-bond acceptors (Lipinski definition) is 4. The second kappa shape index (κ2) is 5.57. The number of aromatic carboxylic acids is 1. The lowest BCUT2D eigenvalue weighted by atomic mass is 10.1. The van der Waals surface area contributed by atoms with Crippen LogP contribution in [0, 0.1) is 13.8 Å². The summed E-state index contributed by atoms with van der Waals surface area (Å²) < 4.78 is 0. The van der Waals surface area contributed by atoms with Gasteiger partial charge in [0.05, 0.1) is 11.4 Å². The molecule has 1 aromatic rings. The van der Waals surface area contributed by atoms with Crippen molar-refractivity contribution in [3.05, 3.63) is 23.0 Å². The number of pyridine rings is 1. The van der Waals surface area contributed by atoms with Crippen LogP contribution in [0.4, 0.5) is 5.69 Å². The smallest absolute Gasteiger partial charge is 0.339 e. The van der Waals surface area contributed by atoms with Crippen LogP contribution in [0.3, 0.4) is 0 Å². The maximum absolute atomic E-state index is 11.3. The summed E-state index contributed by atoms with van der Waals surface area (Å²) in [5.41, 5.74) is 2.36. The third-order valence-electron chi connectivity index (χ3n) is 3.74. The van der Waals surface area contributed by atoms with Crippen molar-refractivity contribution in [3.63, 3.8) is 0 Å². The van der Waals surface area contributed by atoms with Crippen LogP contribution in [-0.2, 0) is 0 Å². The molecule has 0 amide bonds. The number of nitrogens with zero attached hydrogens (tertiary/aromatic N) is 2. The molecule has 1 unspecified atom stereocenters. The Hall–Kier alpha value is -1.62. The van der Waals surface area contributed by atoms with E-state index < -0.39 is 5.97 Å². The zero-order chi connectivity index (χ0) is 14.0. The average Bonchev–Trinajstić information content (AvgIpc) is 2.70. The Morgan fingerprint density at radius 3 is 2.89 bits per heavy atom. The molecule has 0 saturated carbocycles. The zero-order valence-electron chi connectivity index (χ0n) is 11.7. The first-order valence-electron chi connectivity index (χ1n) is 6.64. The Kier molecular flexibility index (Phi) is 4.04. The van der Waals surface area contributed by atoms with Crippen LogP contribution in [0.25, 0.3) is 0 Å². The molecule has 2 N–H and O–H groups in total. The van der Waals surface area contributed by atoms with Gasteiger partial charge in [-0.25, -0.2) is 4.79 Å². The van der Waals surface area contributed by atoms with E-state index in [-0.39, 0.29) is 5.56 Å². The maximum atomic E-state index is 11.3. The van der Waals surface area contributed by atoms with Gasteiger partial charge < -0.3 is 15.3 Å². The van der Waals surface area contributed by atoms with Gasteiger partial charge in [0.15, 0.2) is 0 Å². The predicted octanol–water partition coefficient (Wildman–Crippen LogP) is 1.90. The quantitative estimate of drug-likeness (QED) is 0.868. The van der Waals surface area contributed by atoms with E-state index >= 15 is 0 Å². The van der Waals surface area contributed by atoms with Gasteiger partial charge in [0, 0.05) is 18.3 Å². The molecular weight excluding hydrogens is 242 g/mol. The average molecular weight is 263 g/mol. The summed E-state index contributed by atoms with van der Waals surface area (Å²) in [6.45, 7) is 5.51. The highest BCUT2D eigenvalue weighted by Crippen LogP contribution is 2.21. The summed E-state index contributed by atoms with van der Waals surface area (Å²) in [5.74, 6) is -0.924. The SMILES string of the molecule is Cc1cc(NCC2CCCN2C)c(C(=O)O)c(C)n1. The first kappa shape index (κ1) is 13.8. The van der Waals surface area contributed by atoms with Gasteiger partial charge in [-0.05, 0) is 46.3 Å². The van der Waals surface area contributed by atoms with Gasteiger partial charge >= 0.3 is 5.97 Å². The van der Waals surface area contributed by atoms with Gasteiger partial charge in [-0.1, -0.05) is 0 Å². The van der Waals surface area contributed by atoms with Crippen molar-refractivity contribution in [2.45, 2.75) is 32.7 Å². The monoisotopic (exact) mass is 263 g/mol. The molecule has 1 aliphatic heterocycles. The number of carbonyl (C=O) groups is 1. The minimum atomic E-state index is -0.924. The topological polar surface area (TPSA) is 65.5 Å². The number of carboxylic acids is 1. The second-order valence-electron chi connectivity index (χ2n) is 5.23. The molecule has 1 saturated heterocycles. The third kappa shape index (κ3) is 3.04. The number of anilines is 1. The summed E-state index contributed by atoms with van der Waals surface area (Å²) in [7, 11) is 2.11. The summed E-state index contributed by atoms with van der Waals surface area (Å²) in [5, 5.41) is 12.6. The fourth-order valence-electron chi connectivity index (χ4n) is 2.70. The number of aromatic nitrogens is 1. The van der Waals surface area contributed by atoms with Crippen molar-refractivity contribution >= 4 is 11.7 Å². The van der Waals surface area contributed by atoms with Gasteiger partial charge in [-0.15, -0.1) is 0 Å². The molecule has 5 heteroatoms. The number of aryl methyl sites for hydroxylation is 2. The number of likely N-dealkylation sites (tertiary alicyclic amines) is 1. The number of nitrogens with one attached hydrogen (secondary N) is 1. The van der Waals surface area contributed by atoms with Crippen molar-refractivity contribution in [1.29, 1.82) is 0 Å². The molecule has 19 heavy (non-hydrogen) atoms. The van der Waals surface area contributed by atoms with Gasteiger partial charge in [0.25, 0.3) is 0 Å². The van der Waals surface area contributed by atoms with Crippen molar-refractivity contribution in [2.24, 2.45) is 0 Å². The molecular formula is C14H21N3O2. The first-order valence-corrected chi connectivity index (χ1v) is 6.64. The predicted molar refractivity (Wildman–Crippen MR) is 74.8 cm³/mol. The zero-order valence-corrected chi connectivity index (χ0v) is 11.7. The Morgan fingerprint density at radius 2 is 2.32 bits per heavy atom. The molecule has 1 atom stereocenters. The van der Waals surface area contributed by atoms with Crippen molar-refractivity contribution in [2.75, 3.05) is 25.5 Å². The van der Waals surface area contributed by atoms with Crippen molar-refractivity contribution in [1.82, 2.24) is 9.88 Å². The maximum Gasteiger partial charge on any atom is 0.339 e. The highest BCUT2D eigenvalue weighted by Gasteiger charge is 2.22. The summed E-state index contributed by atoms with van der Waals surface area (Å²) >= 11 is 0. The van der Waals surface area contributed by atoms with Gasteiger partial charge in [-0.3, -0.25) is 4.98 Å². The van der Waals surface area contributed by atoms with Crippen LogP contribution in [0.1, 0.15) is 34.6 Å². The second-order valence-corrected chi connectivity index (χ2v) is 5.23. The Labute approximate surface area is 113 Å². The molecule has 104 valence electrons. The molecule has 1 fully saturated rings.